The molecule has 0 saturated heterocycles. The Morgan fingerprint density at radius 2 is 2.16 bits per heavy atom. The minimum atomic E-state index is 0.544. The van der Waals surface area contributed by atoms with E-state index in [9.17, 15) is 0 Å². The highest BCUT2D eigenvalue weighted by Gasteiger charge is 2.32. The van der Waals surface area contributed by atoms with Gasteiger partial charge in [0.1, 0.15) is 11.5 Å². The Morgan fingerprint density at radius 1 is 1.24 bits per heavy atom. The maximum atomic E-state index is 5.42. The number of nitrogens with zero attached hydrogens (tertiary/aromatic N) is 6. The minimum Gasteiger partial charge on any atom is -0.337 e. The summed E-state index contributed by atoms with van der Waals surface area (Å²) in [7, 11) is 2.16. The van der Waals surface area contributed by atoms with E-state index in [0.29, 0.717) is 24.2 Å². The van der Waals surface area contributed by atoms with E-state index in [1.165, 1.54) is 30.1 Å². The van der Waals surface area contributed by atoms with Crippen LogP contribution in [0.4, 0.5) is 0 Å². The lowest BCUT2D eigenvalue weighted by Crippen LogP contribution is -2.30. The molecule has 7 heteroatoms. The third kappa shape index (κ3) is 2.74. The molecule has 1 saturated carbocycles. The Balaban J connectivity index is 1.31. The second kappa shape index (κ2) is 5.77. The molecule has 3 aromatic heterocycles. The predicted molar refractivity (Wildman–Crippen MR) is 90.5 cm³/mol. The smallest absolute Gasteiger partial charge is 0.241 e. The summed E-state index contributed by atoms with van der Waals surface area (Å²) in [6.07, 6.45) is 5.32. The lowest BCUT2D eigenvalue weighted by atomic mass is 10.1. The van der Waals surface area contributed by atoms with Gasteiger partial charge in [-0.3, -0.25) is 9.88 Å². The van der Waals surface area contributed by atoms with E-state index in [-0.39, 0.29) is 0 Å². The van der Waals surface area contributed by atoms with Gasteiger partial charge >= 0.3 is 0 Å². The molecule has 1 aliphatic heterocycles. The third-order valence-electron chi connectivity index (χ3n) is 5.03. The van der Waals surface area contributed by atoms with Crippen LogP contribution < -0.4 is 0 Å². The van der Waals surface area contributed by atoms with Gasteiger partial charge in [0, 0.05) is 44.4 Å². The molecule has 0 aromatic carbocycles. The van der Waals surface area contributed by atoms with Gasteiger partial charge in [0.15, 0.2) is 0 Å². The molecule has 1 aliphatic carbocycles. The van der Waals surface area contributed by atoms with E-state index in [1.807, 2.05) is 18.2 Å². The first kappa shape index (κ1) is 14.8. The van der Waals surface area contributed by atoms with Crippen molar-refractivity contribution < 1.29 is 4.52 Å². The van der Waals surface area contributed by atoms with Crippen LogP contribution >= 0.6 is 0 Å². The Hall–Kier alpha value is -2.54. The average molecular weight is 336 g/mol. The molecule has 0 unspecified atom stereocenters. The summed E-state index contributed by atoms with van der Waals surface area (Å²) in [5.41, 5.74) is 3.33. The van der Waals surface area contributed by atoms with Crippen molar-refractivity contribution in [3.05, 3.63) is 47.5 Å². The average Bonchev–Trinajstić information content (AvgIpc) is 3.30. The van der Waals surface area contributed by atoms with E-state index < -0.39 is 0 Å². The molecule has 2 aliphatic rings. The largest absolute Gasteiger partial charge is 0.337 e. The van der Waals surface area contributed by atoms with Gasteiger partial charge < -0.3 is 9.09 Å². The number of pyridine rings is 1. The van der Waals surface area contributed by atoms with Crippen molar-refractivity contribution in [2.45, 2.75) is 38.3 Å². The summed E-state index contributed by atoms with van der Waals surface area (Å²) in [6, 6.07) is 5.68. The summed E-state index contributed by atoms with van der Waals surface area (Å²) >= 11 is 0. The second-order valence-corrected chi connectivity index (χ2v) is 6.88. The summed E-state index contributed by atoms with van der Waals surface area (Å²) < 4.78 is 7.73. The lowest BCUT2D eigenvalue weighted by molar-refractivity contribution is 0.206. The molecular formula is C18H20N6O. The van der Waals surface area contributed by atoms with E-state index in [2.05, 4.69) is 31.6 Å². The monoisotopic (exact) mass is 336 g/mol. The van der Waals surface area contributed by atoms with Gasteiger partial charge in [0.25, 0.3) is 0 Å². The first-order valence-corrected chi connectivity index (χ1v) is 8.78. The Bertz CT molecular complexity index is 896. The highest BCUT2D eigenvalue weighted by atomic mass is 16.5. The molecular weight excluding hydrogens is 316 g/mol. The van der Waals surface area contributed by atoms with E-state index in [0.717, 1.165) is 25.2 Å². The zero-order valence-electron chi connectivity index (χ0n) is 14.2. The first-order valence-electron chi connectivity index (χ1n) is 8.78. The van der Waals surface area contributed by atoms with Crippen molar-refractivity contribution in [2.75, 3.05) is 6.54 Å². The van der Waals surface area contributed by atoms with Gasteiger partial charge in [-0.2, -0.15) is 4.98 Å². The number of aromatic nitrogens is 5. The highest BCUT2D eigenvalue weighted by Crippen LogP contribution is 2.40. The normalized spacial score (nSPS) is 17.6. The molecule has 0 amide bonds. The third-order valence-corrected chi connectivity index (χ3v) is 5.03. The van der Waals surface area contributed by atoms with Gasteiger partial charge in [-0.25, -0.2) is 4.98 Å². The highest BCUT2D eigenvalue weighted by molar-refractivity contribution is 5.47. The molecule has 0 spiro atoms. The zero-order valence-corrected chi connectivity index (χ0v) is 14.2. The van der Waals surface area contributed by atoms with Crippen LogP contribution in [0, 0.1) is 0 Å². The maximum absolute atomic E-state index is 5.42. The van der Waals surface area contributed by atoms with Gasteiger partial charge in [0.05, 0.1) is 12.2 Å². The predicted octanol–water partition coefficient (Wildman–Crippen LogP) is 2.30. The second-order valence-electron chi connectivity index (χ2n) is 6.88. The topological polar surface area (TPSA) is 72.9 Å². The molecule has 0 N–H and O–H groups in total. The van der Waals surface area contributed by atoms with Crippen LogP contribution in [-0.2, 0) is 26.6 Å². The number of imidazole rings is 1. The molecule has 4 heterocycles. The minimum absolute atomic E-state index is 0.544. The number of hydrogen-bond acceptors (Lipinski definition) is 6. The fourth-order valence-electron chi connectivity index (χ4n) is 3.55. The van der Waals surface area contributed by atoms with Crippen LogP contribution in [0.25, 0.3) is 11.5 Å². The molecule has 1 fully saturated rings. The number of rotatable bonds is 4. The van der Waals surface area contributed by atoms with Crippen LogP contribution in [0.1, 0.15) is 41.9 Å². The first-order chi connectivity index (χ1) is 12.3. The van der Waals surface area contributed by atoms with Crippen molar-refractivity contribution in [1.29, 1.82) is 0 Å². The Labute approximate surface area is 145 Å². The van der Waals surface area contributed by atoms with Crippen LogP contribution in [-0.4, -0.2) is 36.1 Å². The van der Waals surface area contributed by atoms with E-state index in [1.54, 1.807) is 6.20 Å². The van der Waals surface area contributed by atoms with Crippen molar-refractivity contribution >= 4 is 0 Å². The summed E-state index contributed by atoms with van der Waals surface area (Å²) in [5, 5.41) is 4.05. The molecule has 3 aromatic rings. The lowest BCUT2D eigenvalue weighted by Gasteiger charge is -2.24. The molecule has 0 atom stereocenters. The fraction of sp³-hybridized carbons (Fsp3) is 0.444. The maximum Gasteiger partial charge on any atom is 0.241 e. The zero-order chi connectivity index (χ0) is 16.8. The van der Waals surface area contributed by atoms with Gasteiger partial charge in [-0.15, -0.1) is 0 Å². The summed E-state index contributed by atoms with van der Waals surface area (Å²) in [4.78, 5) is 16.0. The van der Waals surface area contributed by atoms with Crippen molar-refractivity contribution in [3.8, 4) is 11.5 Å². The standard InChI is InChI=1S/C18H20N6O/c1-23-15-7-9-24(10-14(15)20-18(23)12-5-6-12)11-16-21-17(22-25-16)13-4-2-3-8-19-13/h2-4,8,12H,5-7,9-11H2,1H3. The fourth-order valence-corrected chi connectivity index (χ4v) is 3.55. The van der Waals surface area contributed by atoms with Gasteiger partial charge in [-0.1, -0.05) is 11.2 Å². The molecule has 5 rings (SSSR count). The van der Waals surface area contributed by atoms with Gasteiger partial charge in [0.2, 0.25) is 11.7 Å². The van der Waals surface area contributed by atoms with Crippen LogP contribution in [0.2, 0.25) is 0 Å². The number of hydrogen-bond donors (Lipinski definition) is 0. The van der Waals surface area contributed by atoms with Crippen molar-refractivity contribution in [1.82, 2.24) is 29.6 Å². The van der Waals surface area contributed by atoms with Crippen LogP contribution in [0.15, 0.2) is 28.9 Å². The summed E-state index contributed by atoms with van der Waals surface area (Å²) in [5.74, 6) is 3.12. The van der Waals surface area contributed by atoms with E-state index >= 15 is 0 Å². The van der Waals surface area contributed by atoms with Gasteiger partial charge in [-0.05, 0) is 25.0 Å². The number of fused-ring (bicyclic) bond motifs is 1. The van der Waals surface area contributed by atoms with E-state index in [4.69, 9.17) is 9.51 Å². The summed E-state index contributed by atoms with van der Waals surface area (Å²) in [6.45, 7) is 2.48. The molecule has 25 heavy (non-hydrogen) atoms. The van der Waals surface area contributed by atoms with Crippen LogP contribution in [0.5, 0.6) is 0 Å². The quantitative estimate of drug-likeness (QED) is 0.728. The molecule has 128 valence electrons. The van der Waals surface area contributed by atoms with Crippen molar-refractivity contribution in [3.63, 3.8) is 0 Å². The molecule has 0 radical (unpaired) electrons. The molecule has 0 bridgehead atoms. The van der Waals surface area contributed by atoms with Crippen molar-refractivity contribution in [2.24, 2.45) is 7.05 Å². The SMILES string of the molecule is Cn1c(C2CC2)nc2c1CCN(Cc1nc(-c3ccccn3)no1)C2. The molecule has 7 nitrogen and oxygen atoms in total. The van der Waals surface area contributed by atoms with Crippen LogP contribution in [0.3, 0.4) is 0 Å². The Kier molecular flexibility index (Phi) is 3.41. The Morgan fingerprint density at radius 3 is 2.96 bits per heavy atom.